The van der Waals surface area contributed by atoms with Crippen LogP contribution in [0.1, 0.15) is 17.4 Å². The van der Waals surface area contributed by atoms with Crippen LogP contribution in [0.3, 0.4) is 0 Å². The van der Waals surface area contributed by atoms with Crippen LogP contribution < -0.4 is 15.4 Å². The number of carbonyl (C=O) groups is 2. The van der Waals surface area contributed by atoms with Gasteiger partial charge in [0.25, 0.3) is 5.91 Å². The number of nitrogens with zero attached hydrogens (tertiary/aromatic N) is 2. The van der Waals surface area contributed by atoms with Crippen LogP contribution in [0.4, 0.5) is 11.4 Å². The number of aromatic nitrogens is 2. The Balaban J connectivity index is 1.45. The lowest BCUT2D eigenvalue weighted by Crippen LogP contribution is -2.34. The molecule has 7 nitrogen and oxygen atoms in total. The van der Waals surface area contributed by atoms with Crippen molar-refractivity contribution in [3.63, 3.8) is 0 Å². The van der Waals surface area contributed by atoms with Crippen molar-refractivity contribution < 1.29 is 14.3 Å². The van der Waals surface area contributed by atoms with E-state index in [1.165, 1.54) is 23.0 Å². The maximum atomic E-state index is 12.4. The second kappa shape index (κ2) is 7.40. The first-order chi connectivity index (χ1) is 13.4. The summed E-state index contributed by atoms with van der Waals surface area (Å²) >= 11 is 3.02. The molecular weight excluding hydrogens is 396 g/mol. The molecule has 0 bridgehead atoms. The summed E-state index contributed by atoms with van der Waals surface area (Å²) in [5.41, 5.74) is 2.30. The van der Waals surface area contributed by atoms with E-state index in [0.717, 1.165) is 20.8 Å². The summed E-state index contributed by atoms with van der Waals surface area (Å²) in [5, 5.41) is 7.45. The third-order valence-electron chi connectivity index (χ3n) is 4.46. The zero-order valence-electron chi connectivity index (χ0n) is 15.5. The first-order valence-corrected chi connectivity index (χ1v) is 10.5. The molecule has 1 atom stereocenters. The van der Waals surface area contributed by atoms with Gasteiger partial charge in [-0.15, -0.1) is 11.3 Å². The number of fused-ring (bicyclic) bond motifs is 2. The van der Waals surface area contributed by atoms with Gasteiger partial charge in [-0.3, -0.25) is 9.59 Å². The first-order valence-electron chi connectivity index (χ1n) is 8.67. The maximum absolute atomic E-state index is 12.4. The lowest BCUT2D eigenvalue weighted by atomic mass is 10.2. The highest BCUT2D eigenvalue weighted by Crippen LogP contribution is 2.35. The highest BCUT2D eigenvalue weighted by atomic mass is 32.2. The van der Waals surface area contributed by atoms with E-state index in [1.807, 2.05) is 6.92 Å². The molecule has 2 aromatic heterocycles. The van der Waals surface area contributed by atoms with Crippen molar-refractivity contribution in [1.29, 1.82) is 0 Å². The quantitative estimate of drug-likeness (QED) is 0.499. The molecule has 0 fully saturated rings. The summed E-state index contributed by atoms with van der Waals surface area (Å²) in [6.07, 6.45) is 1.00. The van der Waals surface area contributed by atoms with Gasteiger partial charge < -0.3 is 15.4 Å². The summed E-state index contributed by atoms with van der Waals surface area (Å²) in [7, 11) is 0. The summed E-state index contributed by atoms with van der Waals surface area (Å²) in [6.45, 7) is 5.79. The van der Waals surface area contributed by atoms with Crippen LogP contribution in [0.15, 0.2) is 29.6 Å². The van der Waals surface area contributed by atoms with Gasteiger partial charge in [0.1, 0.15) is 21.9 Å². The fourth-order valence-electron chi connectivity index (χ4n) is 2.88. The SMILES string of the molecule is Cc1sc2ncnc(SCC(=O)Nc3ccc4c(c3)NC(=O)C(C)O4)c2c1C. The fourth-order valence-corrected chi connectivity index (χ4v) is 4.79. The zero-order chi connectivity index (χ0) is 19.8. The number of nitrogens with one attached hydrogen (secondary N) is 2. The Labute approximate surface area is 169 Å². The third-order valence-corrected chi connectivity index (χ3v) is 6.57. The third kappa shape index (κ3) is 3.55. The molecule has 9 heteroatoms. The molecule has 0 spiro atoms. The molecule has 1 aliphatic rings. The van der Waals surface area contributed by atoms with Gasteiger partial charge in [-0.05, 0) is 44.5 Å². The number of thioether (sulfide) groups is 1. The smallest absolute Gasteiger partial charge is 0.265 e. The minimum Gasteiger partial charge on any atom is -0.479 e. The molecule has 3 aromatic rings. The van der Waals surface area contributed by atoms with Crippen molar-refractivity contribution in [3.8, 4) is 5.75 Å². The summed E-state index contributed by atoms with van der Waals surface area (Å²) in [5.74, 6) is 0.446. The van der Waals surface area contributed by atoms with Crippen LogP contribution in [-0.4, -0.2) is 33.6 Å². The monoisotopic (exact) mass is 414 g/mol. The molecular formula is C19H18N4O3S2. The molecule has 4 rings (SSSR count). The van der Waals surface area contributed by atoms with Gasteiger partial charge in [0.05, 0.1) is 11.4 Å². The number of benzene rings is 1. The van der Waals surface area contributed by atoms with Gasteiger partial charge >= 0.3 is 0 Å². The van der Waals surface area contributed by atoms with E-state index in [2.05, 4.69) is 27.5 Å². The van der Waals surface area contributed by atoms with Crippen LogP contribution in [0.25, 0.3) is 10.2 Å². The zero-order valence-corrected chi connectivity index (χ0v) is 17.2. The molecule has 0 radical (unpaired) electrons. The number of amides is 2. The van der Waals surface area contributed by atoms with Crippen LogP contribution >= 0.6 is 23.1 Å². The first kappa shape index (κ1) is 18.7. The molecule has 0 saturated carbocycles. The lowest BCUT2D eigenvalue weighted by molar-refractivity contribution is -0.122. The molecule has 3 heterocycles. The molecule has 0 saturated heterocycles. The van der Waals surface area contributed by atoms with Crippen molar-refractivity contribution in [1.82, 2.24) is 9.97 Å². The van der Waals surface area contributed by atoms with E-state index < -0.39 is 6.10 Å². The minimum absolute atomic E-state index is 0.155. The van der Waals surface area contributed by atoms with E-state index in [1.54, 1.807) is 36.5 Å². The second-order valence-electron chi connectivity index (χ2n) is 6.44. The number of rotatable bonds is 4. The summed E-state index contributed by atoms with van der Waals surface area (Å²) < 4.78 is 5.52. The number of ether oxygens (including phenoxy) is 1. The average Bonchev–Trinajstić information content (AvgIpc) is 2.96. The van der Waals surface area contributed by atoms with Gasteiger partial charge in [0.15, 0.2) is 6.10 Å². The van der Waals surface area contributed by atoms with Crippen LogP contribution in [0.5, 0.6) is 5.75 Å². The standard InChI is InChI=1S/C19H18N4O3S2/c1-9-11(3)28-19-16(9)18(20-8-21-19)27-7-15(24)22-12-4-5-14-13(6-12)23-17(25)10(2)26-14/h4-6,8,10H,7H2,1-3H3,(H,22,24)(H,23,25). The summed E-state index contributed by atoms with van der Waals surface area (Å²) in [4.78, 5) is 35.0. The number of hydrogen-bond donors (Lipinski definition) is 2. The van der Waals surface area contributed by atoms with Gasteiger partial charge in [0, 0.05) is 16.0 Å². The van der Waals surface area contributed by atoms with Gasteiger partial charge in [0.2, 0.25) is 5.91 Å². The number of hydrogen-bond acceptors (Lipinski definition) is 7. The predicted molar refractivity (Wildman–Crippen MR) is 111 cm³/mol. The Bertz CT molecular complexity index is 1100. The largest absolute Gasteiger partial charge is 0.479 e. The molecule has 1 aromatic carbocycles. The van der Waals surface area contributed by atoms with Crippen molar-refractivity contribution in [3.05, 3.63) is 35.0 Å². The highest BCUT2D eigenvalue weighted by Gasteiger charge is 2.23. The highest BCUT2D eigenvalue weighted by molar-refractivity contribution is 8.00. The molecule has 1 aliphatic heterocycles. The van der Waals surface area contributed by atoms with Gasteiger partial charge in [-0.1, -0.05) is 11.8 Å². The Morgan fingerprint density at radius 1 is 1.36 bits per heavy atom. The second-order valence-corrected chi connectivity index (χ2v) is 8.61. The number of anilines is 2. The number of thiophene rings is 1. The van der Waals surface area contributed by atoms with Crippen LogP contribution in [0, 0.1) is 13.8 Å². The maximum Gasteiger partial charge on any atom is 0.265 e. The predicted octanol–water partition coefficient (Wildman–Crippen LogP) is 3.76. The minimum atomic E-state index is -0.529. The number of aryl methyl sites for hydroxylation is 2. The van der Waals surface area contributed by atoms with E-state index >= 15 is 0 Å². The van der Waals surface area contributed by atoms with Gasteiger partial charge in [-0.2, -0.15) is 0 Å². The van der Waals surface area contributed by atoms with E-state index in [0.29, 0.717) is 17.1 Å². The Hall–Kier alpha value is -2.65. The fraction of sp³-hybridized carbons (Fsp3) is 0.263. The van der Waals surface area contributed by atoms with Crippen molar-refractivity contribution >= 4 is 56.5 Å². The lowest BCUT2D eigenvalue weighted by Gasteiger charge is -2.23. The van der Waals surface area contributed by atoms with Crippen LogP contribution in [-0.2, 0) is 9.59 Å². The van der Waals surface area contributed by atoms with Gasteiger partial charge in [-0.25, -0.2) is 9.97 Å². The van der Waals surface area contributed by atoms with Crippen molar-refractivity contribution in [2.75, 3.05) is 16.4 Å². The van der Waals surface area contributed by atoms with Crippen LogP contribution in [0.2, 0.25) is 0 Å². The molecule has 2 amide bonds. The Morgan fingerprint density at radius 2 is 2.18 bits per heavy atom. The van der Waals surface area contributed by atoms with E-state index in [4.69, 9.17) is 4.74 Å². The van der Waals surface area contributed by atoms with Crippen molar-refractivity contribution in [2.45, 2.75) is 31.9 Å². The molecule has 2 N–H and O–H groups in total. The Morgan fingerprint density at radius 3 is 3.00 bits per heavy atom. The topological polar surface area (TPSA) is 93.2 Å². The summed E-state index contributed by atoms with van der Waals surface area (Å²) in [6, 6.07) is 5.18. The van der Waals surface area contributed by atoms with Crippen molar-refractivity contribution in [2.24, 2.45) is 0 Å². The Kier molecular flexibility index (Phi) is 4.94. The molecule has 28 heavy (non-hydrogen) atoms. The molecule has 0 aliphatic carbocycles. The molecule has 144 valence electrons. The van der Waals surface area contributed by atoms with E-state index in [-0.39, 0.29) is 17.6 Å². The molecule has 1 unspecified atom stereocenters. The number of carbonyl (C=O) groups excluding carboxylic acids is 2. The normalized spacial score (nSPS) is 15.7. The average molecular weight is 415 g/mol. The van der Waals surface area contributed by atoms with E-state index in [9.17, 15) is 9.59 Å².